The van der Waals surface area contributed by atoms with Crippen molar-refractivity contribution >= 4 is 0 Å². The first-order valence-corrected chi connectivity index (χ1v) is 6.22. The molecule has 0 fully saturated rings. The predicted octanol–water partition coefficient (Wildman–Crippen LogP) is 2.85. The van der Waals surface area contributed by atoms with Gasteiger partial charge < -0.3 is 15.2 Å². The lowest BCUT2D eigenvalue weighted by Gasteiger charge is -2.16. The quantitative estimate of drug-likeness (QED) is 0.575. The van der Waals surface area contributed by atoms with Gasteiger partial charge in [-0.15, -0.1) is 12.3 Å². The molecule has 0 radical (unpaired) electrons. The van der Waals surface area contributed by atoms with E-state index < -0.39 is 0 Å². The molecule has 98 valence electrons. The Morgan fingerprint density at radius 2 is 2.22 bits per heavy atom. The molecule has 0 aliphatic heterocycles. The molecule has 0 aliphatic carbocycles. The van der Waals surface area contributed by atoms with E-state index in [1.165, 1.54) is 0 Å². The first-order valence-electron chi connectivity index (χ1n) is 6.22. The van der Waals surface area contributed by atoms with Gasteiger partial charge in [0.25, 0.3) is 0 Å². The summed E-state index contributed by atoms with van der Waals surface area (Å²) < 4.78 is 5.06. The average molecular weight is 247 g/mol. The summed E-state index contributed by atoms with van der Waals surface area (Å²) in [5.74, 6) is 3.55. The van der Waals surface area contributed by atoms with Crippen LogP contribution >= 0.6 is 0 Å². The number of aromatic hydroxyl groups is 1. The number of unbranched alkanes of at least 4 members (excludes halogenated alkanes) is 2. The third-order valence-corrected chi connectivity index (χ3v) is 2.90. The van der Waals surface area contributed by atoms with E-state index in [9.17, 15) is 5.11 Å². The number of nitrogens with one attached hydrogen (secondary N) is 1. The summed E-state index contributed by atoms with van der Waals surface area (Å²) in [7, 11) is 1.58. The second-order valence-corrected chi connectivity index (χ2v) is 4.26. The zero-order valence-electron chi connectivity index (χ0n) is 11.1. The van der Waals surface area contributed by atoms with Gasteiger partial charge in [0.05, 0.1) is 7.11 Å². The molecule has 0 aromatic heterocycles. The summed E-state index contributed by atoms with van der Waals surface area (Å²) in [6.07, 6.45) is 8.10. The number of phenols is 1. The molecule has 1 atom stereocenters. The first-order chi connectivity index (χ1) is 8.69. The van der Waals surface area contributed by atoms with Crippen LogP contribution in [0.15, 0.2) is 18.2 Å². The van der Waals surface area contributed by atoms with Crippen LogP contribution < -0.4 is 10.1 Å². The van der Waals surface area contributed by atoms with Gasteiger partial charge >= 0.3 is 0 Å². The maximum absolute atomic E-state index is 9.89. The second kappa shape index (κ2) is 7.62. The molecule has 0 saturated heterocycles. The van der Waals surface area contributed by atoms with E-state index in [0.29, 0.717) is 5.75 Å². The molecule has 3 heteroatoms. The van der Waals surface area contributed by atoms with Crippen LogP contribution in [0.25, 0.3) is 0 Å². The van der Waals surface area contributed by atoms with Gasteiger partial charge in [-0.2, -0.15) is 0 Å². The Morgan fingerprint density at radius 1 is 1.44 bits per heavy atom. The minimum absolute atomic E-state index is 0.113. The molecule has 0 amide bonds. The molecular weight excluding hydrogens is 226 g/mol. The average Bonchev–Trinajstić information content (AvgIpc) is 2.38. The summed E-state index contributed by atoms with van der Waals surface area (Å²) in [6.45, 7) is 2.93. The van der Waals surface area contributed by atoms with E-state index in [0.717, 1.165) is 31.4 Å². The van der Waals surface area contributed by atoms with Gasteiger partial charge in [0.2, 0.25) is 0 Å². The highest BCUT2D eigenvalue weighted by Gasteiger charge is 2.10. The molecule has 18 heavy (non-hydrogen) atoms. The van der Waals surface area contributed by atoms with Crippen LogP contribution in [0.3, 0.4) is 0 Å². The number of terminal acetylenes is 1. The van der Waals surface area contributed by atoms with Gasteiger partial charge in [-0.25, -0.2) is 0 Å². The smallest absolute Gasteiger partial charge is 0.124 e. The van der Waals surface area contributed by atoms with E-state index in [2.05, 4.69) is 11.2 Å². The molecule has 3 nitrogen and oxygen atoms in total. The summed E-state index contributed by atoms with van der Waals surface area (Å²) in [4.78, 5) is 0. The number of phenolic OH excluding ortho intramolecular Hbond substituents is 1. The van der Waals surface area contributed by atoms with Crippen LogP contribution in [-0.2, 0) is 0 Å². The van der Waals surface area contributed by atoms with Crippen molar-refractivity contribution in [1.82, 2.24) is 5.32 Å². The first kappa shape index (κ1) is 14.4. The molecule has 0 bridgehead atoms. The number of benzene rings is 1. The normalized spacial score (nSPS) is 11.8. The second-order valence-electron chi connectivity index (χ2n) is 4.26. The molecule has 1 aromatic carbocycles. The van der Waals surface area contributed by atoms with Crippen molar-refractivity contribution in [1.29, 1.82) is 0 Å². The molecule has 0 aliphatic rings. The predicted molar refractivity (Wildman–Crippen MR) is 73.8 cm³/mol. The van der Waals surface area contributed by atoms with E-state index in [1.54, 1.807) is 13.2 Å². The van der Waals surface area contributed by atoms with Crippen molar-refractivity contribution in [3.8, 4) is 23.8 Å². The van der Waals surface area contributed by atoms with Crippen molar-refractivity contribution in [2.45, 2.75) is 32.2 Å². The van der Waals surface area contributed by atoms with E-state index in [-0.39, 0.29) is 11.8 Å². The SMILES string of the molecule is C#CCCCCNC(C)c1ccc(OC)cc1O. The van der Waals surface area contributed by atoms with Gasteiger partial charge in [-0.1, -0.05) is 6.07 Å². The van der Waals surface area contributed by atoms with Crippen LogP contribution in [0.1, 0.15) is 37.8 Å². The summed E-state index contributed by atoms with van der Waals surface area (Å²) in [5, 5.41) is 13.3. The zero-order valence-corrected chi connectivity index (χ0v) is 11.1. The number of hydrogen-bond acceptors (Lipinski definition) is 3. The summed E-state index contributed by atoms with van der Waals surface area (Å²) >= 11 is 0. The van der Waals surface area contributed by atoms with Crippen molar-refractivity contribution in [2.24, 2.45) is 0 Å². The molecule has 2 N–H and O–H groups in total. The Bertz CT molecular complexity index is 409. The van der Waals surface area contributed by atoms with Gasteiger partial charge in [0.1, 0.15) is 11.5 Å². The highest BCUT2D eigenvalue weighted by Crippen LogP contribution is 2.28. The fourth-order valence-electron chi connectivity index (χ4n) is 1.80. The summed E-state index contributed by atoms with van der Waals surface area (Å²) in [6, 6.07) is 5.48. The number of ether oxygens (including phenoxy) is 1. The highest BCUT2D eigenvalue weighted by atomic mass is 16.5. The van der Waals surface area contributed by atoms with Crippen LogP contribution in [0, 0.1) is 12.3 Å². The Hall–Kier alpha value is -1.66. The number of methoxy groups -OCH3 is 1. The van der Waals surface area contributed by atoms with Crippen LogP contribution in [0.2, 0.25) is 0 Å². The lowest BCUT2D eigenvalue weighted by Crippen LogP contribution is -2.19. The Balaban J connectivity index is 2.46. The topological polar surface area (TPSA) is 41.5 Å². The van der Waals surface area contributed by atoms with Crippen LogP contribution in [0.5, 0.6) is 11.5 Å². The van der Waals surface area contributed by atoms with Crippen molar-refractivity contribution in [3.63, 3.8) is 0 Å². The molecule has 0 saturated carbocycles. The standard InChI is InChI=1S/C15H21NO2/c1-4-5-6-7-10-16-12(2)14-9-8-13(18-3)11-15(14)17/h1,8-9,11-12,16-17H,5-7,10H2,2-3H3. The van der Waals surface area contributed by atoms with E-state index in [1.807, 2.05) is 19.1 Å². The minimum Gasteiger partial charge on any atom is -0.507 e. The number of hydrogen-bond donors (Lipinski definition) is 2. The monoisotopic (exact) mass is 247 g/mol. The lowest BCUT2D eigenvalue weighted by molar-refractivity contribution is 0.404. The fraction of sp³-hybridized carbons (Fsp3) is 0.467. The van der Waals surface area contributed by atoms with E-state index in [4.69, 9.17) is 11.2 Å². The van der Waals surface area contributed by atoms with Crippen LogP contribution in [-0.4, -0.2) is 18.8 Å². The third-order valence-electron chi connectivity index (χ3n) is 2.90. The highest BCUT2D eigenvalue weighted by molar-refractivity contribution is 5.41. The van der Waals surface area contributed by atoms with Crippen molar-refractivity contribution in [2.75, 3.05) is 13.7 Å². The molecule has 0 heterocycles. The largest absolute Gasteiger partial charge is 0.507 e. The molecular formula is C15H21NO2. The van der Waals surface area contributed by atoms with Gasteiger partial charge in [-0.3, -0.25) is 0 Å². The van der Waals surface area contributed by atoms with Crippen molar-refractivity contribution < 1.29 is 9.84 Å². The summed E-state index contributed by atoms with van der Waals surface area (Å²) in [5.41, 5.74) is 0.882. The van der Waals surface area contributed by atoms with Gasteiger partial charge in [-0.05, 0) is 32.4 Å². The van der Waals surface area contributed by atoms with Crippen LogP contribution in [0.4, 0.5) is 0 Å². The third kappa shape index (κ3) is 4.31. The molecule has 1 unspecified atom stereocenters. The maximum Gasteiger partial charge on any atom is 0.124 e. The number of rotatable bonds is 7. The van der Waals surface area contributed by atoms with Crippen molar-refractivity contribution in [3.05, 3.63) is 23.8 Å². The molecule has 1 aromatic rings. The molecule has 0 spiro atoms. The molecule has 1 rings (SSSR count). The Kier molecular flexibility index (Phi) is 6.10. The Morgan fingerprint density at radius 3 is 2.83 bits per heavy atom. The fourth-order valence-corrected chi connectivity index (χ4v) is 1.80. The lowest BCUT2D eigenvalue weighted by atomic mass is 10.1. The Labute approximate surface area is 109 Å². The zero-order chi connectivity index (χ0) is 13.4. The van der Waals surface area contributed by atoms with Gasteiger partial charge in [0, 0.05) is 24.1 Å². The maximum atomic E-state index is 9.89. The van der Waals surface area contributed by atoms with Gasteiger partial charge in [0.15, 0.2) is 0 Å². The minimum atomic E-state index is 0.113. The van der Waals surface area contributed by atoms with E-state index >= 15 is 0 Å².